The lowest BCUT2D eigenvalue weighted by Crippen LogP contribution is -2.30. The smallest absolute Gasteiger partial charge is 0.148 e. The van der Waals surface area contributed by atoms with Crippen molar-refractivity contribution < 1.29 is 14.9 Å². The summed E-state index contributed by atoms with van der Waals surface area (Å²) in [6.45, 7) is -0.0104. The first-order valence-corrected chi connectivity index (χ1v) is 8.14. The number of hydrogen-bond donors (Lipinski definition) is 2. The summed E-state index contributed by atoms with van der Waals surface area (Å²) in [7, 11) is 0. The summed E-state index contributed by atoms with van der Waals surface area (Å²) in [5, 5.41) is 19.3. The minimum Gasteiger partial charge on any atom is -0.485 e. The van der Waals surface area contributed by atoms with Gasteiger partial charge >= 0.3 is 0 Å². The van der Waals surface area contributed by atoms with E-state index >= 15 is 0 Å². The minimum absolute atomic E-state index is 0.0104. The Labute approximate surface area is 130 Å². The van der Waals surface area contributed by atoms with Crippen molar-refractivity contribution >= 4 is 31.9 Å². The molecule has 5 heteroatoms. The third kappa shape index (κ3) is 3.94. The van der Waals surface area contributed by atoms with Crippen molar-refractivity contribution in [1.82, 2.24) is 0 Å². The molecule has 0 aromatic heterocycles. The van der Waals surface area contributed by atoms with E-state index in [4.69, 9.17) is 9.84 Å². The van der Waals surface area contributed by atoms with Crippen LogP contribution in [0.3, 0.4) is 0 Å². The summed E-state index contributed by atoms with van der Waals surface area (Å²) in [6, 6.07) is 3.67. The lowest BCUT2D eigenvalue weighted by molar-refractivity contribution is 0.0311. The number of benzene rings is 1. The fourth-order valence-electron chi connectivity index (χ4n) is 2.36. The van der Waals surface area contributed by atoms with Crippen molar-refractivity contribution in [3.63, 3.8) is 0 Å². The largest absolute Gasteiger partial charge is 0.485 e. The van der Waals surface area contributed by atoms with E-state index in [1.54, 1.807) is 0 Å². The number of hydrogen-bond acceptors (Lipinski definition) is 3. The number of aliphatic hydroxyl groups excluding tert-OH is 2. The Hall–Kier alpha value is -0.100. The molecule has 0 heterocycles. The Bertz CT molecular complexity index is 414. The maximum Gasteiger partial charge on any atom is 0.148 e. The molecular weight excluding hydrogens is 376 g/mol. The molecule has 1 saturated carbocycles. The standard InChI is InChI=1S/C14H18Br2O3/c15-10-6-9(8-17)7-11(16)14(10)19-13-5-3-1-2-4-12(13)18/h6-7,12-13,17-18H,1-5,8H2. The van der Waals surface area contributed by atoms with Crippen molar-refractivity contribution in [3.8, 4) is 5.75 Å². The van der Waals surface area contributed by atoms with Gasteiger partial charge in [0.1, 0.15) is 11.9 Å². The van der Waals surface area contributed by atoms with Crippen LogP contribution in [0, 0.1) is 0 Å². The van der Waals surface area contributed by atoms with Crippen molar-refractivity contribution in [3.05, 3.63) is 26.6 Å². The topological polar surface area (TPSA) is 49.7 Å². The number of ether oxygens (including phenoxy) is 1. The average Bonchev–Trinajstić information content (AvgIpc) is 2.58. The highest BCUT2D eigenvalue weighted by Gasteiger charge is 2.24. The maximum absolute atomic E-state index is 10.1. The molecule has 1 fully saturated rings. The molecule has 2 unspecified atom stereocenters. The normalized spacial score (nSPS) is 24.0. The van der Waals surface area contributed by atoms with Crippen molar-refractivity contribution in [1.29, 1.82) is 0 Å². The van der Waals surface area contributed by atoms with E-state index in [-0.39, 0.29) is 12.7 Å². The summed E-state index contributed by atoms with van der Waals surface area (Å²) in [6.07, 6.45) is 4.42. The van der Waals surface area contributed by atoms with Gasteiger partial charge in [-0.2, -0.15) is 0 Å². The minimum atomic E-state index is -0.404. The van der Waals surface area contributed by atoms with Gasteiger partial charge in [0, 0.05) is 0 Å². The number of halogens is 2. The molecule has 0 aliphatic heterocycles. The second-order valence-electron chi connectivity index (χ2n) is 4.91. The lowest BCUT2D eigenvalue weighted by atomic mass is 10.1. The quantitative estimate of drug-likeness (QED) is 0.768. The third-order valence-electron chi connectivity index (χ3n) is 3.43. The van der Waals surface area contributed by atoms with E-state index in [0.717, 1.165) is 46.6 Å². The molecule has 2 rings (SSSR count). The summed E-state index contributed by atoms with van der Waals surface area (Å²) >= 11 is 6.91. The first-order chi connectivity index (χ1) is 9.11. The molecule has 1 aromatic rings. The van der Waals surface area contributed by atoms with E-state index in [0.29, 0.717) is 5.75 Å². The van der Waals surface area contributed by atoms with Gasteiger partial charge < -0.3 is 14.9 Å². The van der Waals surface area contributed by atoms with Gasteiger partial charge in [-0.3, -0.25) is 0 Å². The van der Waals surface area contributed by atoms with Gasteiger partial charge in [0.15, 0.2) is 0 Å². The van der Waals surface area contributed by atoms with Crippen molar-refractivity contribution in [2.45, 2.75) is 50.9 Å². The van der Waals surface area contributed by atoms with Crippen LogP contribution in [0.15, 0.2) is 21.1 Å². The predicted octanol–water partition coefficient (Wildman–Crippen LogP) is 3.78. The highest BCUT2D eigenvalue weighted by molar-refractivity contribution is 9.11. The van der Waals surface area contributed by atoms with Gasteiger partial charge in [0.2, 0.25) is 0 Å². The highest BCUT2D eigenvalue weighted by atomic mass is 79.9. The van der Waals surface area contributed by atoms with E-state index in [1.807, 2.05) is 12.1 Å². The van der Waals surface area contributed by atoms with Crippen LogP contribution in [-0.4, -0.2) is 22.4 Å². The Morgan fingerprint density at radius 3 is 2.37 bits per heavy atom. The van der Waals surface area contributed by atoms with Gasteiger partial charge in [-0.15, -0.1) is 0 Å². The highest BCUT2D eigenvalue weighted by Crippen LogP contribution is 2.37. The van der Waals surface area contributed by atoms with Gasteiger partial charge in [0.25, 0.3) is 0 Å². The molecule has 1 aliphatic rings. The first-order valence-electron chi connectivity index (χ1n) is 6.55. The summed E-state index contributed by atoms with van der Waals surface area (Å²) in [5.74, 6) is 0.697. The van der Waals surface area contributed by atoms with E-state index < -0.39 is 6.10 Å². The Morgan fingerprint density at radius 1 is 1.11 bits per heavy atom. The second-order valence-corrected chi connectivity index (χ2v) is 6.62. The molecular formula is C14H18Br2O3. The van der Waals surface area contributed by atoms with Crippen LogP contribution in [0.5, 0.6) is 5.75 Å². The van der Waals surface area contributed by atoms with Crippen LogP contribution >= 0.6 is 31.9 Å². The molecule has 1 aliphatic carbocycles. The SMILES string of the molecule is OCc1cc(Br)c(OC2CCCCCC2O)c(Br)c1. The Morgan fingerprint density at radius 2 is 1.74 bits per heavy atom. The van der Waals surface area contributed by atoms with Crippen LogP contribution in [0.4, 0.5) is 0 Å². The zero-order chi connectivity index (χ0) is 13.8. The number of aliphatic hydroxyl groups is 2. The molecule has 1 aromatic carbocycles. The van der Waals surface area contributed by atoms with Gasteiger partial charge in [-0.05, 0) is 68.8 Å². The molecule has 0 amide bonds. The Kier molecular flexibility index (Phi) is 5.69. The molecule has 0 spiro atoms. The molecule has 0 saturated heterocycles. The molecule has 19 heavy (non-hydrogen) atoms. The Balaban J connectivity index is 2.17. The zero-order valence-electron chi connectivity index (χ0n) is 10.6. The van der Waals surface area contributed by atoms with Crippen molar-refractivity contribution in [2.75, 3.05) is 0 Å². The molecule has 106 valence electrons. The van der Waals surface area contributed by atoms with Gasteiger partial charge in [-0.25, -0.2) is 0 Å². The zero-order valence-corrected chi connectivity index (χ0v) is 13.8. The van der Waals surface area contributed by atoms with Gasteiger partial charge in [-0.1, -0.05) is 12.8 Å². The molecule has 2 N–H and O–H groups in total. The van der Waals surface area contributed by atoms with Crippen LogP contribution < -0.4 is 4.74 Å². The van der Waals surface area contributed by atoms with Crippen LogP contribution in [0.1, 0.15) is 37.7 Å². The van der Waals surface area contributed by atoms with Crippen LogP contribution in [0.2, 0.25) is 0 Å². The predicted molar refractivity (Wildman–Crippen MR) is 81.3 cm³/mol. The maximum atomic E-state index is 10.1. The summed E-state index contributed by atoms with van der Waals surface area (Å²) in [4.78, 5) is 0. The molecule has 0 bridgehead atoms. The van der Waals surface area contributed by atoms with Crippen LogP contribution in [0.25, 0.3) is 0 Å². The van der Waals surface area contributed by atoms with E-state index in [2.05, 4.69) is 31.9 Å². The first kappa shape index (κ1) is 15.3. The molecule has 3 nitrogen and oxygen atoms in total. The molecule has 0 radical (unpaired) electrons. The number of rotatable bonds is 3. The van der Waals surface area contributed by atoms with E-state index in [9.17, 15) is 5.11 Å². The fourth-order valence-corrected chi connectivity index (χ4v) is 3.83. The molecule has 2 atom stereocenters. The summed E-state index contributed by atoms with van der Waals surface area (Å²) < 4.78 is 7.57. The van der Waals surface area contributed by atoms with E-state index in [1.165, 1.54) is 0 Å². The van der Waals surface area contributed by atoms with Crippen molar-refractivity contribution in [2.24, 2.45) is 0 Å². The van der Waals surface area contributed by atoms with Gasteiger partial charge in [0.05, 0.1) is 21.7 Å². The summed E-state index contributed by atoms with van der Waals surface area (Å²) in [5.41, 5.74) is 0.813. The average molecular weight is 394 g/mol. The van der Waals surface area contributed by atoms with Crippen LogP contribution in [-0.2, 0) is 6.61 Å². The second kappa shape index (κ2) is 7.07. The fraction of sp³-hybridized carbons (Fsp3) is 0.571. The third-order valence-corrected chi connectivity index (χ3v) is 4.61. The lowest BCUT2D eigenvalue weighted by Gasteiger charge is -2.23. The monoisotopic (exact) mass is 392 g/mol.